The number of ketones is 1. The molecule has 0 aliphatic carbocycles. The zero-order valence-corrected chi connectivity index (χ0v) is 18.6. The Morgan fingerprint density at radius 3 is 2.35 bits per heavy atom. The monoisotopic (exact) mass is 472 g/mol. The number of carbonyl (C=O) groups excluding carboxylic acids is 2. The number of carbonyl (C=O) groups is 2. The number of nitrogens with one attached hydrogen (secondary N) is 1. The highest BCUT2D eigenvalue weighted by molar-refractivity contribution is 6.47. The molecule has 7 nitrogen and oxygen atoms in total. The molecule has 1 aliphatic rings. The molecular formula is C24H23F3N4O3. The molecule has 3 aromatic rings. The van der Waals surface area contributed by atoms with Crippen molar-refractivity contribution in [3.63, 3.8) is 0 Å². The van der Waals surface area contributed by atoms with Gasteiger partial charge in [0.05, 0.1) is 52.8 Å². The van der Waals surface area contributed by atoms with Gasteiger partial charge in [0, 0.05) is 13.1 Å². The predicted octanol–water partition coefficient (Wildman–Crippen LogP) is 4.17. The molecular weight excluding hydrogens is 449 g/mol. The van der Waals surface area contributed by atoms with E-state index in [-0.39, 0.29) is 11.3 Å². The van der Waals surface area contributed by atoms with E-state index in [2.05, 4.69) is 10.4 Å². The first kappa shape index (κ1) is 23.5. The second-order valence-electron chi connectivity index (χ2n) is 7.91. The molecule has 34 heavy (non-hydrogen) atoms. The van der Waals surface area contributed by atoms with Gasteiger partial charge >= 0.3 is 6.18 Å². The maximum Gasteiger partial charge on any atom is 0.416 e. The Labute approximate surface area is 194 Å². The Morgan fingerprint density at radius 1 is 1.03 bits per heavy atom. The summed E-state index contributed by atoms with van der Waals surface area (Å²) in [5, 5.41) is 6.79. The molecule has 4 rings (SSSR count). The molecule has 1 N–H and O–H groups in total. The van der Waals surface area contributed by atoms with E-state index >= 15 is 0 Å². The number of amides is 1. The molecule has 0 spiro atoms. The van der Waals surface area contributed by atoms with Crippen LogP contribution in [0.1, 0.15) is 27.3 Å². The fraction of sp³-hybridized carbons (Fsp3) is 0.292. The Bertz CT molecular complexity index is 1220. The van der Waals surface area contributed by atoms with Crippen LogP contribution in [0.25, 0.3) is 5.69 Å². The molecule has 1 amide bonds. The molecule has 0 atom stereocenters. The normalized spacial score (nSPS) is 14.2. The Balaban J connectivity index is 1.66. The number of anilines is 2. The van der Waals surface area contributed by atoms with Gasteiger partial charge in [-0.3, -0.25) is 9.59 Å². The SMILES string of the molecule is Cc1nn(-c2ccccc2)c(C)c1C(=O)C(=O)Nc1cc(C(F)(F)F)ccc1N1CCOCC1. The van der Waals surface area contributed by atoms with Crippen LogP contribution in [0.2, 0.25) is 0 Å². The number of alkyl halides is 3. The smallest absolute Gasteiger partial charge is 0.378 e. The van der Waals surface area contributed by atoms with Crippen LogP contribution >= 0.6 is 0 Å². The van der Waals surface area contributed by atoms with Crippen LogP contribution in [0.3, 0.4) is 0 Å². The predicted molar refractivity (Wildman–Crippen MR) is 120 cm³/mol. The molecule has 178 valence electrons. The van der Waals surface area contributed by atoms with E-state index in [9.17, 15) is 22.8 Å². The molecule has 2 aromatic carbocycles. The van der Waals surface area contributed by atoms with Crippen LogP contribution in [0.15, 0.2) is 48.5 Å². The van der Waals surface area contributed by atoms with E-state index in [4.69, 9.17) is 4.74 Å². The molecule has 1 aliphatic heterocycles. The Morgan fingerprint density at radius 2 is 1.71 bits per heavy atom. The first-order chi connectivity index (χ1) is 16.2. The van der Waals surface area contributed by atoms with Gasteiger partial charge in [-0.15, -0.1) is 0 Å². The van der Waals surface area contributed by atoms with Crippen molar-refractivity contribution in [2.45, 2.75) is 20.0 Å². The summed E-state index contributed by atoms with van der Waals surface area (Å²) < 4.78 is 46.9. The molecule has 1 saturated heterocycles. The van der Waals surface area contributed by atoms with Gasteiger partial charge in [-0.2, -0.15) is 18.3 Å². The van der Waals surface area contributed by atoms with Gasteiger partial charge in [0.15, 0.2) is 0 Å². The van der Waals surface area contributed by atoms with E-state index in [1.54, 1.807) is 18.5 Å². The van der Waals surface area contributed by atoms with Crippen molar-refractivity contribution >= 4 is 23.1 Å². The third-order valence-corrected chi connectivity index (χ3v) is 5.65. The summed E-state index contributed by atoms with van der Waals surface area (Å²) in [5.41, 5.74) is 1.03. The van der Waals surface area contributed by atoms with Crippen molar-refractivity contribution in [2.24, 2.45) is 0 Å². The average Bonchev–Trinajstić information content (AvgIpc) is 3.12. The summed E-state index contributed by atoms with van der Waals surface area (Å²) in [6.45, 7) is 4.98. The molecule has 2 heterocycles. The van der Waals surface area contributed by atoms with Gasteiger partial charge in [0.25, 0.3) is 11.7 Å². The fourth-order valence-electron chi connectivity index (χ4n) is 3.98. The van der Waals surface area contributed by atoms with E-state index in [1.807, 2.05) is 35.2 Å². The van der Waals surface area contributed by atoms with Crippen LogP contribution in [-0.2, 0) is 15.7 Å². The van der Waals surface area contributed by atoms with Crippen LogP contribution in [0, 0.1) is 13.8 Å². The lowest BCUT2D eigenvalue weighted by Gasteiger charge is -2.31. The summed E-state index contributed by atoms with van der Waals surface area (Å²) in [6.07, 6.45) is -4.60. The highest BCUT2D eigenvalue weighted by Crippen LogP contribution is 2.36. The van der Waals surface area contributed by atoms with Gasteiger partial charge in [-0.1, -0.05) is 18.2 Å². The van der Waals surface area contributed by atoms with Crippen molar-refractivity contribution in [3.8, 4) is 5.69 Å². The zero-order valence-electron chi connectivity index (χ0n) is 18.6. The molecule has 1 aromatic heterocycles. The van der Waals surface area contributed by atoms with Crippen LogP contribution in [-0.4, -0.2) is 47.8 Å². The van der Waals surface area contributed by atoms with E-state index in [0.717, 1.165) is 17.8 Å². The lowest BCUT2D eigenvalue weighted by molar-refractivity contribution is -0.137. The Hall–Kier alpha value is -3.66. The molecule has 10 heteroatoms. The molecule has 0 saturated carbocycles. The summed E-state index contributed by atoms with van der Waals surface area (Å²) in [7, 11) is 0. The minimum Gasteiger partial charge on any atom is -0.378 e. The number of hydrogen-bond donors (Lipinski definition) is 1. The van der Waals surface area contributed by atoms with E-state index in [0.29, 0.717) is 43.4 Å². The standard InChI is InChI=1S/C24H23F3N4O3/c1-15-21(16(2)31(29-15)18-6-4-3-5-7-18)22(32)23(33)28-19-14-17(24(25,26)27)8-9-20(19)30-10-12-34-13-11-30/h3-9,14H,10-13H2,1-2H3,(H,28,33). The number of hydrogen-bond acceptors (Lipinski definition) is 5. The first-order valence-electron chi connectivity index (χ1n) is 10.7. The van der Waals surface area contributed by atoms with Gasteiger partial charge < -0.3 is 15.0 Å². The number of aromatic nitrogens is 2. The van der Waals surface area contributed by atoms with E-state index in [1.165, 1.54) is 6.07 Å². The minimum absolute atomic E-state index is 0.0826. The lowest BCUT2D eigenvalue weighted by Crippen LogP contribution is -2.37. The lowest BCUT2D eigenvalue weighted by atomic mass is 10.1. The van der Waals surface area contributed by atoms with Crippen molar-refractivity contribution < 1.29 is 27.5 Å². The number of rotatable bonds is 5. The zero-order chi connectivity index (χ0) is 24.5. The number of Topliss-reactive ketones (excluding diaryl/α,β-unsaturated/α-hetero) is 1. The van der Waals surface area contributed by atoms with Crippen LogP contribution in [0.5, 0.6) is 0 Å². The van der Waals surface area contributed by atoms with Gasteiger partial charge in [0.1, 0.15) is 0 Å². The maximum absolute atomic E-state index is 13.3. The topological polar surface area (TPSA) is 76.5 Å². The highest BCUT2D eigenvalue weighted by atomic mass is 19.4. The second kappa shape index (κ2) is 9.30. The summed E-state index contributed by atoms with van der Waals surface area (Å²) >= 11 is 0. The largest absolute Gasteiger partial charge is 0.416 e. The molecule has 0 radical (unpaired) electrons. The molecule has 1 fully saturated rings. The number of aryl methyl sites for hydroxylation is 1. The van der Waals surface area contributed by atoms with Gasteiger partial charge in [-0.05, 0) is 44.2 Å². The van der Waals surface area contributed by atoms with Gasteiger partial charge in [0.2, 0.25) is 0 Å². The number of morpholine rings is 1. The van der Waals surface area contributed by atoms with Crippen molar-refractivity contribution in [1.29, 1.82) is 0 Å². The summed E-state index contributed by atoms with van der Waals surface area (Å²) in [6, 6.07) is 12.2. The number of ether oxygens (including phenoxy) is 1. The number of halogens is 3. The Kier molecular flexibility index (Phi) is 6.43. The number of benzene rings is 2. The average molecular weight is 472 g/mol. The van der Waals surface area contributed by atoms with E-state index < -0.39 is 23.4 Å². The highest BCUT2D eigenvalue weighted by Gasteiger charge is 2.33. The fourth-order valence-corrected chi connectivity index (χ4v) is 3.98. The summed E-state index contributed by atoms with van der Waals surface area (Å²) in [4.78, 5) is 27.8. The third-order valence-electron chi connectivity index (χ3n) is 5.65. The quantitative estimate of drug-likeness (QED) is 0.446. The summed E-state index contributed by atoms with van der Waals surface area (Å²) in [5.74, 6) is -1.91. The maximum atomic E-state index is 13.3. The second-order valence-corrected chi connectivity index (χ2v) is 7.91. The van der Waals surface area contributed by atoms with Gasteiger partial charge in [-0.25, -0.2) is 4.68 Å². The van der Waals surface area contributed by atoms with Crippen molar-refractivity contribution in [1.82, 2.24) is 9.78 Å². The minimum atomic E-state index is -4.60. The van der Waals surface area contributed by atoms with Crippen LogP contribution in [0.4, 0.5) is 24.5 Å². The molecule has 0 unspecified atom stereocenters. The van der Waals surface area contributed by atoms with Crippen molar-refractivity contribution in [3.05, 3.63) is 71.0 Å². The first-order valence-corrected chi connectivity index (χ1v) is 10.7. The number of para-hydroxylation sites is 1. The van der Waals surface area contributed by atoms with Crippen LogP contribution < -0.4 is 10.2 Å². The third kappa shape index (κ3) is 4.67. The molecule has 0 bridgehead atoms. The number of nitrogens with zero attached hydrogens (tertiary/aromatic N) is 3. The van der Waals surface area contributed by atoms with Crippen molar-refractivity contribution in [2.75, 3.05) is 36.5 Å².